The van der Waals surface area contributed by atoms with Gasteiger partial charge in [0, 0.05) is 24.8 Å². The molecule has 0 aliphatic heterocycles. The van der Waals surface area contributed by atoms with Gasteiger partial charge in [-0.3, -0.25) is 0 Å². The molecule has 2 rings (SSSR count). The van der Waals surface area contributed by atoms with E-state index < -0.39 is 0 Å². The van der Waals surface area contributed by atoms with Gasteiger partial charge in [-0.05, 0) is 33.1 Å². The molecule has 2 atom stereocenters. The summed E-state index contributed by atoms with van der Waals surface area (Å²) in [5.74, 6) is 0. The minimum Gasteiger partial charge on any atom is -0.393 e. The molecule has 1 aliphatic carbocycles. The van der Waals surface area contributed by atoms with Crippen molar-refractivity contribution < 1.29 is 5.11 Å². The number of rotatable bonds is 6. The van der Waals surface area contributed by atoms with Gasteiger partial charge in [-0.1, -0.05) is 0 Å². The van der Waals surface area contributed by atoms with E-state index in [0.717, 1.165) is 13.0 Å². The molecule has 0 bridgehead atoms. The average molecular weight is 223 g/mol. The van der Waals surface area contributed by atoms with E-state index in [4.69, 9.17) is 0 Å². The molecule has 1 fully saturated rings. The monoisotopic (exact) mass is 223 g/mol. The van der Waals surface area contributed by atoms with E-state index in [1.54, 1.807) is 0 Å². The van der Waals surface area contributed by atoms with Crippen molar-refractivity contribution in [1.82, 2.24) is 14.9 Å². The van der Waals surface area contributed by atoms with Gasteiger partial charge in [-0.25, -0.2) is 4.98 Å². The molecule has 0 amide bonds. The molecule has 1 aromatic heterocycles. The number of nitrogens with one attached hydrogen (secondary N) is 1. The van der Waals surface area contributed by atoms with Gasteiger partial charge < -0.3 is 15.0 Å². The zero-order valence-electron chi connectivity index (χ0n) is 10.1. The van der Waals surface area contributed by atoms with Crippen LogP contribution in [0, 0.1) is 0 Å². The normalized spacial score (nSPS) is 19.7. The number of nitrogens with zero attached hydrogens (tertiary/aromatic N) is 2. The largest absolute Gasteiger partial charge is 0.393 e. The van der Waals surface area contributed by atoms with Crippen LogP contribution in [0.5, 0.6) is 0 Å². The highest BCUT2D eigenvalue weighted by Gasteiger charge is 2.25. The number of aliphatic hydroxyl groups is 1. The Morgan fingerprint density at radius 1 is 1.56 bits per heavy atom. The van der Waals surface area contributed by atoms with Crippen molar-refractivity contribution in [2.45, 2.75) is 57.8 Å². The van der Waals surface area contributed by atoms with Crippen molar-refractivity contribution in [1.29, 1.82) is 0 Å². The maximum Gasteiger partial charge on any atom is 0.0951 e. The summed E-state index contributed by atoms with van der Waals surface area (Å²) in [7, 11) is 0. The molecule has 0 aromatic carbocycles. The molecule has 2 N–H and O–H groups in total. The summed E-state index contributed by atoms with van der Waals surface area (Å²) in [6, 6.07) is 1.02. The lowest BCUT2D eigenvalue weighted by molar-refractivity contribution is 0.170. The molecule has 1 aliphatic rings. The standard InChI is InChI=1S/C12H21N3O/c1-9(5-10(2)16)14-7-12-6-13-8-15(12)11-3-4-11/h6,8-11,14,16H,3-5,7H2,1-2H3. The van der Waals surface area contributed by atoms with E-state index in [-0.39, 0.29) is 6.10 Å². The second-order valence-electron chi connectivity index (χ2n) is 4.89. The minimum absolute atomic E-state index is 0.240. The second kappa shape index (κ2) is 4.97. The third kappa shape index (κ3) is 3.06. The van der Waals surface area contributed by atoms with Gasteiger partial charge in [-0.15, -0.1) is 0 Å². The van der Waals surface area contributed by atoms with E-state index >= 15 is 0 Å². The molecule has 2 unspecified atom stereocenters. The molecule has 1 aromatic rings. The Kier molecular flexibility index (Phi) is 3.61. The fraction of sp³-hybridized carbons (Fsp3) is 0.750. The van der Waals surface area contributed by atoms with Gasteiger partial charge in [0.1, 0.15) is 0 Å². The summed E-state index contributed by atoms with van der Waals surface area (Å²) in [4.78, 5) is 4.20. The number of hydrogen-bond acceptors (Lipinski definition) is 3. The topological polar surface area (TPSA) is 50.1 Å². The first-order chi connectivity index (χ1) is 7.66. The van der Waals surface area contributed by atoms with Crippen LogP contribution in [0.4, 0.5) is 0 Å². The summed E-state index contributed by atoms with van der Waals surface area (Å²) >= 11 is 0. The summed E-state index contributed by atoms with van der Waals surface area (Å²) < 4.78 is 2.27. The molecule has 4 nitrogen and oxygen atoms in total. The highest BCUT2D eigenvalue weighted by Crippen LogP contribution is 2.35. The molecule has 1 heterocycles. The first kappa shape index (κ1) is 11.6. The smallest absolute Gasteiger partial charge is 0.0951 e. The van der Waals surface area contributed by atoms with E-state index in [1.807, 2.05) is 19.4 Å². The third-order valence-electron chi connectivity index (χ3n) is 3.01. The summed E-state index contributed by atoms with van der Waals surface area (Å²) in [5, 5.41) is 12.7. The lowest BCUT2D eigenvalue weighted by Crippen LogP contribution is -2.29. The number of hydrogen-bond donors (Lipinski definition) is 2. The highest BCUT2D eigenvalue weighted by molar-refractivity contribution is 5.03. The maximum absolute atomic E-state index is 9.28. The van der Waals surface area contributed by atoms with Gasteiger partial charge in [0.2, 0.25) is 0 Å². The van der Waals surface area contributed by atoms with Crippen molar-refractivity contribution in [3.63, 3.8) is 0 Å². The van der Waals surface area contributed by atoms with Crippen molar-refractivity contribution >= 4 is 0 Å². The lowest BCUT2D eigenvalue weighted by atomic mass is 10.1. The van der Waals surface area contributed by atoms with Gasteiger partial charge >= 0.3 is 0 Å². The lowest BCUT2D eigenvalue weighted by Gasteiger charge is -2.16. The molecule has 1 saturated carbocycles. The summed E-state index contributed by atoms with van der Waals surface area (Å²) in [6.45, 7) is 4.77. The Hall–Kier alpha value is -0.870. The summed E-state index contributed by atoms with van der Waals surface area (Å²) in [5.41, 5.74) is 1.25. The molecular formula is C12H21N3O. The zero-order valence-corrected chi connectivity index (χ0v) is 10.1. The summed E-state index contributed by atoms with van der Waals surface area (Å²) in [6.07, 6.45) is 6.97. The first-order valence-corrected chi connectivity index (χ1v) is 6.09. The van der Waals surface area contributed by atoms with E-state index in [0.29, 0.717) is 12.1 Å². The molecule has 90 valence electrons. The Labute approximate surface area is 96.7 Å². The predicted octanol–water partition coefficient (Wildman–Crippen LogP) is 1.47. The van der Waals surface area contributed by atoms with Crippen LogP contribution >= 0.6 is 0 Å². The van der Waals surface area contributed by atoms with Crippen LogP contribution in [0.15, 0.2) is 12.5 Å². The Balaban J connectivity index is 1.82. The Morgan fingerprint density at radius 3 is 2.94 bits per heavy atom. The number of aromatic nitrogens is 2. The van der Waals surface area contributed by atoms with Crippen molar-refractivity contribution in [2.75, 3.05) is 0 Å². The quantitative estimate of drug-likeness (QED) is 0.767. The number of aliphatic hydroxyl groups excluding tert-OH is 1. The van der Waals surface area contributed by atoms with Crippen LogP contribution in [-0.2, 0) is 6.54 Å². The van der Waals surface area contributed by atoms with Gasteiger partial charge in [0.05, 0.1) is 18.1 Å². The van der Waals surface area contributed by atoms with Gasteiger partial charge in [0.25, 0.3) is 0 Å². The minimum atomic E-state index is -0.240. The van der Waals surface area contributed by atoms with Crippen LogP contribution < -0.4 is 5.32 Å². The maximum atomic E-state index is 9.28. The molecule has 4 heteroatoms. The fourth-order valence-corrected chi connectivity index (χ4v) is 2.02. The molecule has 0 spiro atoms. The number of imidazole rings is 1. The molecular weight excluding hydrogens is 202 g/mol. The molecule has 16 heavy (non-hydrogen) atoms. The van der Waals surface area contributed by atoms with Crippen molar-refractivity contribution in [3.05, 3.63) is 18.2 Å². The third-order valence-corrected chi connectivity index (χ3v) is 3.01. The molecule has 0 radical (unpaired) electrons. The van der Waals surface area contributed by atoms with Crippen molar-refractivity contribution in [2.24, 2.45) is 0 Å². The van der Waals surface area contributed by atoms with Crippen LogP contribution in [0.25, 0.3) is 0 Å². The van der Waals surface area contributed by atoms with Crippen molar-refractivity contribution in [3.8, 4) is 0 Å². The van der Waals surface area contributed by atoms with Gasteiger partial charge in [0.15, 0.2) is 0 Å². The highest BCUT2D eigenvalue weighted by atomic mass is 16.3. The second-order valence-corrected chi connectivity index (χ2v) is 4.89. The first-order valence-electron chi connectivity index (χ1n) is 6.09. The molecule has 0 saturated heterocycles. The average Bonchev–Trinajstić information content (AvgIpc) is 2.94. The Bertz CT molecular complexity index is 331. The van der Waals surface area contributed by atoms with E-state index in [9.17, 15) is 5.11 Å². The van der Waals surface area contributed by atoms with E-state index in [2.05, 4.69) is 21.8 Å². The zero-order chi connectivity index (χ0) is 11.5. The van der Waals surface area contributed by atoms with Gasteiger partial charge in [-0.2, -0.15) is 0 Å². The Morgan fingerprint density at radius 2 is 2.31 bits per heavy atom. The van der Waals surface area contributed by atoms with Crippen LogP contribution in [-0.4, -0.2) is 26.8 Å². The predicted molar refractivity (Wildman–Crippen MR) is 63.1 cm³/mol. The van der Waals surface area contributed by atoms with E-state index in [1.165, 1.54) is 18.5 Å². The SMILES string of the molecule is CC(O)CC(C)NCc1cncn1C1CC1. The fourth-order valence-electron chi connectivity index (χ4n) is 2.02. The van der Waals surface area contributed by atoms with Crippen LogP contribution in [0.2, 0.25) is 0 Å². The van der Waals surface area contributed by atoms with Crippen LogP contribution in [0.3, 0.4) is 0 Å². The van der Waals surface area contributed by atoms with Crippen LogP contribution in [0.1, 0.15) is 44.8 Å².